The van der Waals surface area contributed by atoms with Crippen LogP contribution in [0.25, 0.3) is 0 Å². The van der Waals surface area contributed by atoms with Crippen LogP contribution in [0.3, 0.4) is 0 Å². The van der Waals surface area contributed by atoms with Crippen LogP contribution in [0.15, 0.2) is 0 Å². The maximum absolute atomic E-state index is 9.88. The molecule has 4 nitrogen and oxygen atoms in total. The van der Waals surface area contributed by atoms with E-state index in [1.54, 1.807) is 0 Å². The molecule has 4 heteroatoms. The molecule has 0 radical (unpaired) electrons. The van der Waals surface area contributed by atoms with Gasteiger partial charge < -0.3 is 14.9 Å². The van der Waals surface area contributed by atoms with E-state index < -0.39 is 11.8 Å². The van der Waals surface area contributed by atoms with E-state index in [0.717, 1.165) is 14.0 Å². The Kier molecular flexibility index (Phi) is 1.94. The molecule has 0 aliphatic rings. The number of carboxylic acid groups (broad SMARTS) is 1. The normalized spacial score (nSPS) is 17.4. The first-order valence-electron chi connectivity index (χ1n) is 2.01. The minimum Gasteiger partial charge on any atom is -0.477 e. The molecule has 0 aromatic heterocycles. The quantitative estimate of drug-likeness (QED) is 0.479. The summed E-state index contributed by atoms with van der Waals surface area (Å²) in [6.45, 7) is 1.05. The highest BCUT2D eigenvalue weighted by Gasteiger charge is 2.28. The van der Waals surface area contributed by atoms with Crippen molar-refractivity contribution >= 4 is 5.97 Å². The number of methoxy groups -OCH3 is 1. The second kappa shape index (κ2) is 2.11. The van der Waals surface area contributed by atoms with Gasteiger partial charge in [0.15, 0.2) is 0 Å². The van der Waals surface area contributed by atoms with E-state index in [-0.39, 0.29) is 0 Å². The standard InChI is InChI=1S/C4H8O4/c1-4(7,8-2)3(5)6/h7H,1-2H3,(H,5,6). The Bertz CT molecular complexity index is 96.2. The van der Waals surface area contributed by atoms with Crippen LogP contribution in [-0.4, -0.2) is 29.1 Å². The van der Waals surface area contributed by atoms with Gasteiger partial charge in [0.2, 0.25) is 0 Å². The highest BCUT2D eigenvalue weighted by molar-refractivity contribution is 5.74. The first-order chi connectivity index (χ1) is 3.50. The lowest BCUT2D eigenvalue weighted by Crippen LogP contribution is -2.36. The van der Waals surface area contributed by atoms with Crippen LogP contribution in [0.2, 0.25) is 0 Å². The number of aliphatic hydroxyl groups is 1. The molecule has 8 heavy (non-hydrogen) atoms. The number of ether oxygens (including phenoxy) is 1. The van der Waals surface area contributed by atoms with Crippen LogP contribution in [-0.2, 0) is 9.53 Å². The zero-order valence-corrected chi connectivity index (χ0v) is 4.71. The maximum atomic E-state index is 9.88. The van der Waals surface area contributed by atoms with Gasteiger partial charge in [0.1, 0.15) is 0 Å². The number of hydrogen-bond donors (Lipinski definition) is 2. The number of hydrogen-bond acceptors (Lipinski definition) is 3. The van der Waals surface area contributed by atoms with Gasteiger partial charge in [0, 0.05) is 14.0 Å². The number of rotatable bonds is 2. The third-order valence-corrected chi connectivity index (χ3v) is 0.794. The molecule has 0 aliphatic carbocycles. The van der Waals surface area contributed by atoms with Gasteiger partial charge in [-0.25, -0.2) is 4.79 Å². The lowest BCUT2D eigenvalue weighted by atomic mass is 10.3. The summed E-state index contributed by atoms with van der Waals surface area (Å²) in [5.74, 6) is -3.43. The van der Waals surface area contributed by atoms with Gasteiger partial charge in [-0.3, -0.25) is 0 Å². The molecule has 0 saturated heterocycles. The highest BCUT2D eigenvalue weighted by Crippen LogP contribution is 2.01. The molecule has 1 atom stereocenters. The third-order valence-electron chi connectivity index (χ3n) is 0.794. The number of carbonyl (C=O) groups is 1. The van der Waals surface area contributed by atoms with E-state index in [2.05, 4.69) is 4.74 Å². The smallest absolute Gasteiger partial charge is 0.363 e. The monoisotopic (exact) mass is 120 g/mol. The molecule has 48 valence electrons. The van der Waals surface area contributed by atoms with Gasteiger partial charge in [0.05, 0.1) is 0 Å². The van der Waals surface area contributed by atoms with Gasteiger partial charge in [-0.05, 0) is 0 Å². The van der Waals surface area contributed by atoms with Gasteiger partial charge >= 0.3 is 5.97 Å². The zero-order chi connectivity index (χ0) is 6.78. The molecule has 0 aromatic carbocycles. The molecule has 0 aliphatic heterocycles. The molecule has 0 amide bonds. The van der Waals surface area contributed by atoms with Crippen LogP contribution in [0.1, 0.15) is 6.92 Å². The average Bonchev–Trinajstić information content (AvgIpc) is 1.67. The minimum absolute atomic E-state index is 1.05. The predicted octanol–water partition coefficient (Wildman–Crippen LogP) is -0.574. The second-order valence-electron chi connectivity index (χ2n) is 1.49. The largest absolute Gasteiger partial charge is 0.477 e. The Morgan fingerprint density at radius 1 is 1.75 bits per heavy atom. The summed E-state index contributed by atoms with van der Waals surface area (Å²) < 4.78 is 4.16. The van der Waals surface area contributed by atoms with E-state index in [1.807, 2.05) is 0 Å². The van der Waals surface area contributed by atoms with Gasteiger partial charge in [-0.15, -0.1) is 0 Å². The topological polar surface area (TPSA) is 66.8 Å². The molecule has 1 unspecified atom stereocenters. The highest BCUT2D eigenvalue weighted by atomic mass is 16.6. The summed E-state index contributed by atoms with van der Waals surface area (Å²) in [5, 5.41) is 16.6. The van der Waals surface area contributed by atoms with Gasteiger partial charge in [0.25, 0.3) is 5.79 Å². The fourth-order valence-electron chi connectivity index (χ4n) is 0.0873. The molecule has 0 saturated carbocycles. The minimum atomic E-state index is -2.04. The third kappa shape index (κ3) is 1.48. The van der Waals surface area contributed by atoms with Gasteiger partial charge in [-0.1, -0.05) is 0 Å². The van der Waals surface area contributed by atoms with Crippen molar-refractivity contribution in [3.63, 3.8) is 0 Å². The summed E-state index contributed by atoms with van der Waals surface area (Å²) in [7, 11) is 1.12. The van der Waals surface area contributed by atoms with Crippen molar-refractivity contribution in [2.45, 2.75) is 12.7 Å². The Morgan fingerprint density at radius 2 is 2.12 bits per heavy atom. The molecule has 0 aromatic rings. The van der Waals surface area contributed by atoms with E-state index in [1.165, 1.54) is 0 Å². The van der Waals surface area contributed by atoms with Crippen molar-refractivity contribution < 1.29 is 19.7 Å². The Morgan fingerprint density at radius 3 is 2.12 bits per heavy atom. The van der Waals surface area contributed by atoms with E-state index >= 15 is 0 Å². The molecule has 0 spiro atoms. The van der Waals surface area contributed by atoms with Gasteiger partial charge in [-0.2, -0.15) is 0 Å². The average molecular weight is 120 g/mol. The van der Waals surface area contributed by atoms with Crippen molar-refractivity contribution in [1.82, 2.24) is 0 Å². The Labute approximate surface area is 46.7 Å². The molecular weight excluding hydrogens is 112 g/mol. The lowest BCUT2D eigenvalue weighted by molar-refractivity contribution is -0.206. The SMILES string of the molecule is COC(C)(O)C(=O)O. The summed E-state index contributed by atoms with van der Waals surface area (Å²) >= 11 is 0. The summed E-state index contributed by atoms with van der Waals surface area (Å²) in [4.78, 5) is 9.88. The summed E-state index contributed by atoms with van der Waals surface area (Å²) in [6, 6.07) is 0. The fourth-order valence-corrected chi connectivity index (χ4v) is 0.0873. The second-order valence-corrected chi connectivity index (χ2v) is 1.49. The Balaban J connectivity index is 3.91. The van der Waals surface area contributed by atoms with Crippen molar-refractivity contribution in [1.29, 1.82) is 0 Å². The molecule has 0 fully saturated rings. The van der Waals surface area contributed by atoms with Crippen molar-refractivity contribution in [3.8, 4) is 0 Å². The summed E-state index contributed by atoms with van der Waals surface area (Å²) in [6.07, 6.45) is 0. The van der Waals surface area contributed by atoms with E-state index in [4.69, 9.17) is 10.2 Å². The lowest BCUT2D eigenvalue weighted by Gasteiger charge is -2.13. The molecular formula is C4H8O4. The van der Waals surface area contributed by atoms with E-state index in [9.17, 15) is 4.79 Å². The van der Waals surface area contributed by atoms with Crippen molar-refractivity contribution in [2.75, 3.05) is 7.11 Å². The first kappa shape index (κ1) is 7.39. The number of aliphatic carboxylic acids is 1. The first-order valence-corrected chi connectivity index (χ1v) is 2.01. The maximum Gasteiger partial charge on any atom is 0.363 e. The Hall–Kier alpha value is -0.610. The zero-order valence-electron chi connectivity index (χ0n) is 4.71. The van der Waals surface area contributed by atoms with Crippen molar-refractivity contribution in [2.24, 2.45) is 0 Å². The van der Waals surface area contributed by atoms with E-state index in [0.29, 0.717) is 0 Å². The predicted molar refractivity (Wildman–Crippen MR) is 25.3 cm³/mol. The van der Waals surface area contributed by atoms with Crippen molar-refractivity contribution in [3.05, 3.63) is 0 Å². The fraction of sp³-hybridized carbons (Fsp3) is 0.750. The summed E-state index contributed by atoms with van der Waals surface area (Å²) in [5.41, 5.74) is 0. The molecule has 0 heterocycles. The van der Waals surface area contributed by atoms with Crippen LogP contribution in [0.5, 0.6) is 0 Å². The molecule has 0 rings (SSSR count). The van der Waals surface area contributed by atoms with Crippen LogP contribution < -0.4 is 0 Å². The molecule has 0 bridgehead atoms. The van der Waals surface area contributed by atoms with Crippen LogP contribution in [0.4, 0.5) is 0 Å². The van der Waals surface area contributed by atoms with Crippen LogP contribution in [0, 0.1) is 0 Å². The molecule has 2 N–H and O–H groups in total. The van der Waals surface area contributed by atoms with Crippen LogP contribution >= 0.6 is 0 Å². The number of carboxylic acids is 1.